The Kier molecular flexibility index (Phi) is 5.74. The summed E-state index contributed by atoms with van der Waals surface area (Å²) in [7, 11) is 0. The van der Waals surface area contributed by atoms with Gasteiger partial charge in [-0.15, -0.1) is 0 Å². The Morgan fingerprint density at radius 1 is 1.57 bits per heavy atom. The van der Waals surface area contributed by atoms with E-state index in [2.05, 4.69) is 4.74 Å². The van der Waals surface area contributed by atoms with Crippen molar-refractivity contribution in [2.24, 2.45) is 0 Å². The van der Waals surface area contributed by atoms with E-state index in [1.807, 2.05) is 0 Å². The first-order valence-corrected chi connectivity index (χ1v) is 4.43. The topological polar surface area (TPSA) is 72.8 Å². The molecule has 0 unspecified atom stereocenters. The molecule has 0 spiro atoms. The molecule has 0 aromatic carbocycles. The first kappa shape index (κ1) is 11.0. The summed E-state index contributed by atoms with van der Waals surface area (Å²) < 4.78 is 16.1. The van der Waals surface area contributed by atoms with Gasteiger partial charge in [0.05, 0.1) is 7.98 Å². The maximum Gasteiger partial charge on any atom is 0.347 e. The number of ether oxygens (including phenoxy) is 2. The largest absolute Gasteiger partial charge is 0.463 e. The quantitative estimate of drug-likeness (QED) is 0.629. The van der Waals surface area contributed by atoms with Crippen LogP contribution in [0.2, 0.25) is 0 Å². The molecular weight excluding hydrogens is 188 g/mol. The Morgan fingerprint density at radius 2 is 2.21 bits per heavy atom. The maximum absolute atomic E-state index is 11.0. The summed E-state index contributed by atoms with van der Waals surface area (Å²) in [6.45, 7) is 2.00. The van der Waals surface area contributed by atoms with Gasteiger partial charge in [-0.25, -0.2) is 4.79 Å². The Morgan fingerprint density at radius 3 is 2.71 bits per heavy atom. The van der Waals surface area contributed by atoms with E-state index in [0.29, 0.717) is 0 Å². The van der Waals surface area contributed by atoms with Gasteiger partial charge in [0.25, 0.3) is 0 Å². The molecule has 0 aromatic rings. The minimum Gasteiger partial charge on any atom is -0.463 e. The molecule has 0 aromatic heterocycles. The van der Waals surface area contributed by atoms with Crippen molar-refractivity contribution in [1.29, 1.82) is 0 Å². The molecule has 5 heteroatoms. The lowest BCUT2D eigenvalue weighted by atomic mass is 10.3. The van der Waals surface area contributed by atoms with Crippen molar-refractivity contribution in [3.05, 3.63) is 0 Å². The first-order valence-electron chi connectivity index (χ1n) is 5.01. The number of carbonyl (C=O) groups excluding carboxylic acids is 2. The second-order valence-corrected chi connectivity index (χ2v) is 2.61. The molecule has 5 nitrogen and oxygen atoms in total. The van der Waals surface area contributed by atoms with Crippen molar-refractivity contribution in [2.45, 2.75) is 32.8 Å². The fourth-order valence-corrected chi connectivity index (χ4v) is 0.746. The van der Waals surface area contributed by atoms with E-state index in [0.717, 1.165) is 0 Å². The van der Waals surface area contributed by atoms with E-state index < -0.39 is 24.6 Å². The standard InChI is InChI=1S/C9H16O5/c1-3-13-9(12)7(2)14-8(11)5-4-6-10/h7,10H,3-6H2,1-2H3/t7-/m0/s1/i6D/t6-,7+/m1. The molecule has 0 heterocycles. The lowest BCUT2D eigenvalue weighted by Gasteiger charge is -2.11. The van der Waals surface area contributed by atoms with Crippen LogP contribution in [0.15, 0.2) is 0 Å². The van der Waals surface area contributed by atoms with E-state index in [4.69, 9.17) is 11.2 Å². The Balaban J connectivity index is 3.80. The maximum atomic E-state index is 11.0. The smallest absolute Gasteiger partial charge is 0.347 e. The van der Waals surface area contributed by atoms with Gasteiger partial charge in [-0.05, 0) is 20.3 Å². The zero-order valence-electron chi connectivity index (χ0n) is 9.36. The van der Waals surface area contributed by atoms with E-state index in [-0.39, 0.29) is 19.4 Å². The molecule has 0 saturated heterocycles. The molecule has 0 bridgehead atoms. The highest BCUT2D eigenvalue weighted by Crippen LogP contribution is 1.99. The molecular formula is C9H16O5. The third-order valence-electron chi connectivity index (χ3n) is 1.40. The monoisotopic (exact) mass is 205 g/mol. The lowest BCUT2D eigenvalue weighted by Crippen LogP contribution is -2.26. The minimum absolute atomic E-state index is 0.00558. The number of aliphatic hydroxyl groups is 1. The molecule has 82 valence electrons. The number of carbonyl (C=O) groups is 2. The SMILES string of the molecule is [2H][C@@H](O)CCC(=O)O[C@@H](C)C(=O)OCC. The average Bonchev–Trinajstić information content (AvgIpc) is 2.15. The third-order valence-corrected chi connectivity index (χ3v) is 1.40. The Hall–Kier alpha value is -1.10. The highest BCUT2D eigenvalue weighted by molar-refractivity contribution is 5.78. The van der Waals surface area contributed by atoms with Crippen LogP contribution in [0.25, 0.3) is 0 Å². The molecule has 2 atom stereocenters. The molecule has 1 N–H and O–H groups in total. The van der Waals surface area contributed by atoms with Crippen LogP contribution in [0, 0.1) is 0 Å². The normalized spacial score (nSPS) is 15.2. The molecule has 0 fully saturated rings. The molecule has 0 aliphatic carbocycles. The second-order valence-electron chi connectivity index (χ2n) is 2.61. The number of aliphatic hydroxyl groups excluding tert-OH is 1. The number of esters is 2. The highest BCUT2D eigenvalue weighted by Gasteiger charge is 2.18. The van der Waals surface area contributed by atoms with Crippen molar-refractivity contribution >= 4 is 11.9 Å². The van der Waals surface area contributed by atoms with Crippen molar-refractivity contribution < 1.29 is 25.5 Å². The molecule has 0 amide bonds. The fourth-order valence-electron chi connectivity index (χ4n) is 0.746. The Bertz CT molecular complexity index is 217. The number of hydrogen-bond acceptors (Lipinski definition) is 5. The lowest BCUT2D eigenvalue weighted by molar-refractivity contribution is -0.166. The molecule has 0 saturated carbocycles. The van der Waals surface area contributed by atoms with Crippen molar-refractivity contribution in [3.8, 4) is 0 Å². The average molecular weight is 205 g/mol. The molecule has 0 aliphatic rings. The van der Waals surface area contributed by atoms with Crippen LogP contribution in [0.5, 0.6) is 0 Å². The van der Waals surface area contributed by atoms with Crippen molar-refractivity contribution in [1.82, 2.24) is 0 Å². The summed E-state index contributed by atoms with van der Waals surface area (Å²) in [5.74, 6) is -1.22. The third kappa shape index (κ3) is 5.53. The van der Waals surface area contributed by atoms with Crippen molar-refractivity contribution in [2.75, 3.05) is 13.2 Å². The first-order chi connectivity index (χ1) is 6.97. The van der Waals surface area contributed by atoms with Crippen LogP contribution in [0.3, 0.4) is 0 Å². The fraction of sp³-hybridized carbons (Fsp3) is 0.778. The molecule has 14 heavy (non-hydrogen) atoms. The summed E-state index contributed by atoms with van der Waals surface area (Å²) in [6.07, 6.45) is -1.04. The van der Waals surface area contributed by atoms with Gasteiger partial charge in [-0.1, -0.05) is 0 Å². The highest BCUT2D eigenvalue weighted by atomic mass is 16.6. The number of rotatable bonds is 6. The molecule has 0 rings (SSSR count). The van der Waals surface area contributed by atoms with Crippen LogP contribution < -0.4 is 0 Å². The predicted octanol–water partition coefficient (Wildman–Crippen LogP) is 0.254. The number of hydrogen-bond donors (Lipinski definition) is 1. The summed E-state index contributed by atoms with van der Waals surface area (Å²) in [6, 6.07) is 0. The van der Waals surface area contributed by atoms with E-state index in [1.165, 1.54) is 6.92 Å². The van der Waals surface area contributed by atoms with Gasteiger partial charge in [-0.2, -0.15) is 0 Å². The second kappa shape index (κ2) is 7.32. The van der Waals surface area contributed by atoms with Crippen molar-refractivity contribution in [3.63, 3.8) is 0 Å². The summed E-state index contributed by atoms with van der Waals surface area (Å²) in [4.78, 5) is 22.1. The minimum atomic E-state index is -1.30. The van der Waals surface area contributed by atoms with Gasteiger partial charge in [0.15, 0.2) is 6.10 Å². The van der Waals surface area contributed by atoms with Gasteiger partial charge in [0, 0.05) is 13.0 Å². The van der Waals surface area contributed by atoms with E-state index in [9.17, 15) is 9.59 Å². The molecule has 0 radical (unpaired) electrons. The van der Waals surface area contributed by atoms with Gasteiger partial charge >= 0.3 is 11.9 Å². The zero-order valence-corrected chi connectivity index (χ0v) is 8.36. The van der Waals surface area contributed by atoms with Crippen LogP contribution >= 0.6 is 0 Å². The summed E-state index contributed by atoms with van der Waals surface area (Å²) >= 11 is 0. The van der Waals surface area contributed by atoms with Gasteiger partial charge in [0.2, 0.25) is 0 Å². The Labute approximate surface area is 84.4 Å². The predicted molar refractivity (Wildman–Crippen MR) is 48.5 cm³/mol. The van der Waals surface area contributed by atoms with Crippen LogP contribution in [0.1, 0.15) is 28.1 Å². The van der Waals surface area contributed by atoms with Gasteiger partial charge in [0.1, 0.15) is 0 Å². The van der Waals surface area contributed by atoms with Crippen LogP contribution in [-0.2, 0) is 19.1 Å². The van der Waals surface area contributed by atoms with E-state index in [1.54, 1.807) is 6.92 Å². The van der Waals surface area contributed by atoms with Crippen LogP contribution in [0.4, 0.5) is 0 Å². The van der Waals surface area contributed by atoms with Gasteiger partial charge < -0.3 is 14.6 Å². The van der Waals surface area contributed by atoms with E-state index >= 15 is 0 Å². The molecule has 0 aliphatic heterocycles. The summed E-state index contributed by atoms with van der Waals surface area (Å²) in [5.41, 5.74) is 0. The zero-order chi connectivity index (χ0) is 11.8. The summed E-state index contributed by atoms with van der Waals surface area (Å²) in [5, 5.41) is 8.60. The van der Waals surface area contributed by atoms with Crippen LogP contribution in [-0.4, -0.2) is 36.3 Å². The van der Waals surface area contributed by atoms with Gasteiger partial charge in [-0.3, -0.25) is 4.79 Å².